The predicted molar refractivity (Wildman–Crippen MR) is 207 cm³/mol. The molecule has 10 rings (SSSR count). The lowest BCUT2D eigenvalue weighted by molar-refractivity contribution is 0.669. The van der Waals surface area contributed by atoms with Crippen molar-refractivity contribution in [1.29, 1.82) is 0 Å². The minimum atomic E-state index is 0.572. The third-order valence-electron chi connectivity index (χ3n) is 9.36. The van der Waals surface area contributed by atoms with E-state index in [0.29, 0.717) is 17.5 Å². The largest absolute Gasteiger partial charge is 0.455 e. The van der Waals surface area contributed by atoms with Gasteiger partial charge in [-0.05, 0) is 46.5 Å². The summed E-state index contributed by atoms with van der Waals surface area (Å²) < 4.78 is 9.04. The molecule has 0 amide bonds. The van der Waals surface area contributed by atoms with Crippen molar-refractivity contribution in [3.8, 4) is 56.4 Å². The Labute approximate surface area is 292 Å². The van der Waals surface area contributed by atoms with E-state index in [9.17, 15) is 0 Å². The molecule has 0 spiro atoms. The Hall–Kier alpha value is -6.43. The van der Waals surface area contributed by atoms with Crippen molar-refractivity contribution in [2.24, 2.45) is 0 Å². The van der Waals surface area contributed by atoms with E-state index in [0.717, 1.165) is 54.5 Å². The van der Waals surface area contributed by atoms with Gasteiger partial charge < -0.3 is 4.42 Å². The fraction of sp³-hybridized carbons (Fsp3) is 0. The molecule has 10 aromatic rings. The lowest BCUT2D eigenvalue weighted by Gasteiger charge is -2.09. The summed E-state index contributed by atoms with van der Waals surface area (Å²) in [5.41, 5.74) is 9.02. The van der Waals surface area contributed by atoms with Gasteiger partial charge >= 0.3 is 0 Å². The van der Waals surface area contributed by atoms with Gasteiger partial charge in [0.1, 0.15) is 11.2 Å². The lowest BCUT2D eigenvalue weighted by atomic mass is 9.98. The first-order valence-corrected chi connectivity index (χ1v) is 17.4. The van der Waals surface area contributed by atoms with Gasteiger partial charge in [0.05, 0.1) is 5.56 Å². The van der Waals surface area contributed by atoms with E-state index in [2.05, 4.69) is 115 Å². The van der Waals surface area contributed by atoms with E-state index in [4.69, 9.17) is 19.4 Å². The third kappa shape index (κ3) is 4.63. The van der Waals surface area contributed by atoms with Crippen LogP contribution in [-0.4, -0.2) is 15.0 Å². The Bertz CT molecular complexity index is 2680. The van der Waals surface area contributed by atoms with Gasteiger partial charge in [0.15, 0.2) is 17.5 Å². The van der Waals surface area contributed by atoms with Gasteiger partial charge in [0, 0.05) is 42.1 Å². The SMILES string of the molecule is c1ccc(-c2nc(-c3cccc4c3oc3cccc(-c5ccccc5)c34)nc(-c3cccc4c3sc3cccc(-c5ccccc5)c34)n2)cc1. The first kappa shape index (κ1) is 28.6. The molecule has 0 radical (unpaired) electrons. The topological polar surface area (TPSA) is 51.8 Å². The quantitative estimate of drug-likeness (QED) is 0.185. The van der Waals surface area contributed by atoms with E-state index in [1.165, 1.54) is 26.6 Å². The number of furan rings is 1. The molecule has 0 unspecified atom stereocenters. The van der Waals surface area contributed by atoms with E-state index < -0.39 is 0 Å². The molecule has 0 atom stereocenters. The number of thiophene rings is 1. The van der Waals surface area contributed by atoms with Crippen molar-refractivity contribution in [1.82, 2.24) is 15.0 Å². The molecule has 4 nitrogen and oxygen atoms in total. The fourth-order valence-corrected chi connectivity index (χ4v) is 8.34. The van der Waals surface area contributed by atoms with E-state index in [1.807, 2.05) is 48.5 Å². The molecule has 0 saturated carbocycles. The average Bonchev–Trinajstić information content (AvgIpc) is 3.78. The second-order valence-electron chi connectivity index (χ2n) is 12.3. The van der Waals surface area contributed by atoms with Crippen LogP contribution in [-0.2, 0) is 0 Å². The fourth-order valence-electron chi connectivity index (χ4n) is 7.10. The Kier molecular flexibility index (Phi) is 6.64. The van der Waals surface area contributed by atoms with Crippen molar-refractivity contribution in [2.75, 3.05) is 0 Å². The highest BCUT2D eigenvalue weighted by atomic mass is 32.1. The van der Waals surface area contributed by atoms with Crippen molar-refractivity contribution in [3.63, 3.8) is 0 Å². The molecule has 5 heteroatoms. The second kappa shape index (κ2) is 11.6. The summed E-state index contributed by atoms with van der Waals surface area (Å²) in [6.45, 7) is 0. The van der Waals surface area contributed by atoms with Gasteiger partial charge in [-0.25, -0.2) is 15.0 Å². The summed E-state index contributed by atoms with van der Waals surface area (Å²) in [4.78, 5) is 15.5. The van der Waals surface area contributed by atoms with E-state index in [-0.39, 0.29) is 0 Å². The molecule has 0 aliphatic rings. The van der Waals surface area contributed by atoms with Crippen LogP contribution >= 0.6 is 11.3 Å². The molecule has 0 bridgehead atoms. The molecule has 3 aromatic heterocycles. The maximum atomic E-state index is 6.66. The van der Waals surface area contributed by atoms with Gasteiger partial charge in [0.2, 0.25) is 0 Å². The van der Waals surface area contributed by atoms with Crippen LogP contribution < -0.4 is 0 Å². The van der Waals surface area contributed by atoms with Crippen LogP contribution in [0.25, 0.3) is 98.5 Å². The maximum Gasteiger partial charge on any atom is 0.167 e. The Morgan fingerprint density at radius 2 is 0.900 bits per heavy atom. The highest BCUT2D eigenvalue weighted by Gasteiger charge is 2.21. The van der Waals surface area contributed by atoms with Crippen molar-refractivity contribution in [3.05, 3.63) is 164 Å². The van der Waals surface area contributed by atoms with Crippen LogP contribution in [0.15, 0.2) is 168 Å². The smallest absolute Gasteiger partial charge is 0.167 e. The molecule has 3 heterocycles. The summed E-state index contributed by atoms with van der Waals surface area (Å²) in [7, 11) is 0. The first-order valence-electron chi connectivity index (χ1n) is 16.6. The molecule has 0 N–H and O–H groups in total. The standard InChI is InChI=1S/C45H27N3OS/c1-4-14-28(15-5-1)31-20-12-26-37-39(31)33-22-10-24-35(41(33)49-37)44-46-43(30-18-8-3-9-19-30)47-45(48-44)36-25-11-23-34-40-32(29-16-6-2-7-17-29)21-13-27-38(40)50-42(34)36/h1-27H. The molecule has 0 aliphatic heterocycles. The molecular formula is C45H27N3OS. The Morgan fingerprint density at radius 3 is 1.60 bits per heavy atom. The van der Waals surface area contributed by atoms with Crippen LogP contribution in [0, 0.1) is 0 Å². The van der Waals surface area contributed by atoms with Crippen molar-refractivity contribution < 1.29 is 4.42 Å². The van der Waals surface area contributed by atoms with Gasteiger partial charge in [-0.1, -0.05) is 140 Å². The highest BCUT2D eigenvalue weighted by Crippen LogP contribution is 2.44. The Balaban J connectivity index is 1.22. The number of fused-ring (bicyclic) bond motifs is 6. The molecular weight excluding hydrogens is 631 g/mol. The highest BCUT2D eigenvalue weighted by molar-refractivity contribution is 7.26. The minimum absolute atomic E-state index is 0.572. The zero-order valence-electron chi connectivity index (χ0n) is 26.7. The van der Waals surface area contributed by atoms with Crippen LogP contribution in [0.5, 0.6) is 0 Å². The predicted octanol–water partition coefficient (Wildman–Crippen LogP) is 12.5. The van der Waals surface area contributed by atoms with Gasteiger partial charge in [0.25, 0.3) is 0 Å². The summed E-state index contributed by atoms with van der Waals surface area (Å²) in [5.74, 6) is 1.82. The minimum Gasteiger partial charge on any atom is -0.455 e. The number of hydrogen-bond donors (Lipinski definition) is 0. The van der Waals surface area contributed by atoms with Crippen molar-refractivity contribution >= 4 is 53.4 Å². The summed E-state index contributed by atoms with van der Waals surface area (Å²) in [5, 5.41) is 4.55. The van der Waals surface area contributed by atoms with Gasteiger partial charge in [-0.2, -0.15) is 0 Å². The molecule has 50 heavy (non-hydrogen) atoms. The molecule has 7 aromatic carbocycles. The number of benzene rings is 7. The number of nitrogens with zero attached hydrogens (tertiary/aromatic N) is 3. The van der Waals surface area contributed by atoms with Crippen LogP contribution in [0.2, 0.25) is 0 Å². The van der Waals surface area contributed by atoms with E-state index >= 15 is 0 Å². The molecule has 0 fully saturated rings. The zero-order valence-corrected chi connectivity index (χ0v) is 27.6. The summed E-state index contributed by atoms with van der Waals surface area (Å²) >= 11 is 1.78. The monoisotopic (exact) mass is 657 g/mol. The number of para-hydroxylation sites is 1. The van der Waals surface area contributed by atoms with Crippen LogP contribution in [0.1, 0.15) is 0 Å². The van der Waals surface area contributed by atoms with Crippen LogP contribution in [0.3, 0.4) is 0 Å². The zero-order chi connectivity index (χ0) is 33.0. The lowest BCUT2D eigenvalue weighted by Crippen LogP contribution is -2.00. The van der Waals surface area contributed by atoms with Crippen molar-refractivity contribution in [2.45, 2.75) is 0 Å². The van der Waals surface area contributed by atoms with Gasteiger partial charge in [-0.3, -0.25) is 0 Å². The second-order valence-corrected chi connectivity index (χ2v) is 13.4. The molecule has 0 aliphatic carbocycles. The molecule has 234 valence electrons. The number of hydrogen-bond acceptors (Lipinski definition) is 5. The third-order valence-corrected chi connectivity index (χ3v) is 10.6. The number of rotatable bonds is 5. The first-order chi connectivity index (χ1) is 24.8. The molecule has 0 saturated heterocycles. The maximum absolute atomic E-state index is 6.66. The normalized spacial score (nSPS) is 11.6. The Morgan fingerprint density at radius 1 is 0.380 bits per heavy atom. The van der Waals surface area contributed by atoms with Crippen LogP contribution in [0.4, 0.5) is 0 Å². The summed E-state index contributed by atoms with van der Waals surface area (Å²) in [6, 6.07) is 56.7. The van der Waals surface area contributed by atoms with Gasteiger partial charge in [-0.15, -0.1) is 11.3 Å². The average molecular weight is 658 g/mol. The summed E-state index contributed by atoms with van der Waals surface area (Å²) in [6.07, 6.45) is 0. The number of aromatic nitrogens is 3. The van der Waals surface area contributed by atoms with E-state index in [1.54, 1.807) is 11.3 Å².